The van der Waals surface area contributed by atoms with Crippen LogP contribution in [0.2, 0.25) is 0 Å². The monoisotopic (exact) mass is 270 g/mol. The molecular weight excluding hydrogens is 255 g/mol. The van der Waals surface area contributed by atoms with Gasteiger partial charge in [-0.1, -0.05) is 12.1 Å². The number of ether oxygens (including phenoxy) is 1. The van der Waals surface area contributed by atoms with Crippen LogP contribution in [0.4, 0.5) is 14.9 Å². The highest BCUT2D eigenvalue weighted by molar-refractivity contribution is 5.90. The first-order valence-electron chi connectivity index (χ1n) is 5.60. The number of carboxylic acids is 1. The fraction of sp³-hybridized carbons (Fsp3) is 0.333. The van der Waals surface area contributed by atoms with Gasteiger partial charge in [0.1, 0.15) is 12.4 Å². The molecule has 0 saturated heterocycles. The maximum atomic E-state index is 13.4. The third-order valence-corrected chi connectivity index (χ3v) is 2.22. The standard InChI is InChI=1S/C12H15FN2O4/c1-8-3-2-4-9(13)11(8)15-12(18)14-5-6-19-7-10(16)17/h2-4H,5-7H2,1H3,(H,16,17)(H2,14,15,18). The topological polar surface area (TPSA) is 87.7 Å². The van der Waals surface area contributed by atoms with Crippen molar-refractivity contribution >= 4 is 17.7 Å². The maximum Gasteiger partial charge on any atom is 0.329 e. The summed E-state index contributed by atoms with van der Waals surface area (Å²) in [6.45, 7) is 1.45. The SMILES string of the molecule is Cc1cccc(F)c1NC(=O)NCCOCC(=O)O. The number of hydrogen-bond donors (Lipinski definition) is 3. The van der Waals surface area contributed by atoms with Crippen molar-refractivity contribution in [2.24, 2.45) is 0 Å². The number of aryl methyl sites for hydroxylation is 1. The second-order valence-corrected chi connectivity index (χ2v) is 3.76. The van der Waals surface area contributed by atoms with Crippen LogP contribution in [0.15, 0.2) is 18.2 Å². The Kier molecular flexibility index (Phi) is 5.74. The normalized spacial score (nSPS) is 10.0. The van der Waals surface area contributed by atoms with Crippen molar-refractivity contribution in [2.45, 2.75) is 6.92 Å². The van der Waals surface area contributed by atoms with E-state index in [1.807, 2.05) is 0 Å². The molecule has 104 valence electrons. The van der Waals surface area contributed by atoms with Crippen LogP contribution >= 0.6 is 0 Å². The number of carboxylic acid groups (broad SMARTS) is 1. The van der Waals surface area contributed by atoms with Crippen LogP contribution in [-0.4, -0.2) is 36.9 Å². The van der Waals surface area contributed by atoms with E-state index in [0.29, 0.717) is 5.56 Å². The van der Waals surface area contributed by atoms with E-state index in [9.17, 15) is 14.0 Å². The van der Waals surface area contributed by atoms with E-state index in [0.717, 1.165) is 0 Å². The molecule has 7 heteroatoms. The van der Waals surface area contributed by atoms with Crippen molar-refractivity contribution in [1.82, 2.24) is 5.32 Å². The second kappa shape index (κ2) is 7.32. The Labute approximate surface area is 109 Å². The highest BCUT2D eigenvalue weighted by Gasteiger charge is 2.08. The molecule has 1 aromatic carbocycles. The molecule has 3 N–H and O–H groups in total. The smallest absolute Gasteiger partial charge is 0.329 e. The molecule has 1 aromatic rings. The van der Waals surface area contributed by atoms with Gasteiger partial charge in [-0.2, -0.15) is 0 Å². The molecule has 0 unspecified atom stereocenters. The van der Waals surface area contributed by atoms with Gasteiger partial charge in [0, 0.05) is 6.54 Å². The number of halogens is 1. The first-order valence-corrected chi connectivity index (χ1v) is 5.60. The quantitative estimate of drug-likeness (QED) is 0.681. The number of nitrogens with one attached hydrogen (secondary N) is 2. The second-order valence-electron chi connectivity index (χ2n) is 3.76. The summed E-state index contributed by atoms with van der Waals surface area (Å²) >= 11 is 0. The molecule has 0 bridgehead atoms. The first-order chi connectivity index (χ1) is 9.00. The van der Waals surface area contributed by atoms with E-state index in [-0.39, 0.29) is 18.8 Å². The van der Waals surface area contributed by atoms with Crippen LogP contribution in [0.1, 0.15) is 5.56 Å². The Balaban J connectivity index is 2.33. The van der Waals surface area contributed by atoms with E-state index >= 15 is 0 Å². The average Bonchev–Trinajstić information content (AvgIpc) is 2.33. The number of urea groups is 1. The number of aliphatic carboxylic acids is 1. The lowest BCUT2D eigenvalue weighted by atomic mass is 10.2. The van der Waals surface area contributed by atoms with Crippen LogP contribution in [0, 0.1) is 12.7 Å². The molecule has 0 aromatic heterocycles. The van der Waals surface area contributed by atoms with Crippen LogP contribution < -0.4 is 10.6 Å². The summed E-state index contributed by atoms with van der Waals surface area (Å²) in [5.41, 5.74) is 0.726. The van der Waals surface area contributed by atoms with Gasteiger partial charge in [-0.15, -0.1) is 0 Å². The van der Waals surface area contributed by atoms with Gasteiger partial charge in [0.05, 0.1) is 12.3 Å². The first kappa shape index (κ1) is 14.9. The van der Waals surface area contributed by atoms with E-state index in [1.165, 1.54) is 6.07 Å². The molecule has 0 aliphatic rings. The number of para-hydroxylation sites is 1. The fourth-order valence-corrected chi connectivity index (χ4v) is 1.34. The minimum absolute atomic E-state index is 0.0655. The highest BCUT2D eigenvalue weighted by Crippen LogP contribution is 2.18. The van der Waals surface area contributed by atoms with Gasteiger partial charge in [0.25, 0.3) is 0 Å². The number of anilines is 1. The van der Waals surface area contributed by atoms with Gasteiger partial charge in [-0.25, -0.2) is 14.0 Å². The van der Waals surface area contributed by atoms with Crippen molar-refractivity contribution in [3.8, 4) is 0 Å². The van der Waals surface area contributed by atoms with Gasteiger partial charge in [0.2, 0.25) is 0 Å². The zero-order valence-corrected chi connectivity index (χ0v) is 10.4. The van der Waals surface area contributed by atoms with E-state index < -0.39 is 24.4 Å². The highest BCUT2D eigenvalue weighted by atomic mass is 19.1. The molecule has 0 radical (unpaired) electrons. The van der Waals surface area contributed by atoms with E-state index in [4.69, 9.17) is 9.84 Å². The van der Waals surface area contributed by atoms with Crippen molar-refractivity contribution < 1.29 is 23.8 Å². The summed E-state index contributed by atoms with van der Waals surface area (Å²) in [5, 5.41) is 13.1. The van der Waals surface area contributed by atoms with Crippen LogP contribution in [-0.2, 0) is 9.53 Å². The third-order valence-electron chi connectivity index (χ3n) is 2.22. The zero-order valence-electron chi connectivity index (χ0n) is 10.4. The van der Waals surface area contributed by atoms with Crippen molar-refractivity contribution in [3.63, 3.8) is 0 Å². The number of carbonyl (C=O) groups is 2. The van der Waals surface area contributed by atoms with E-state index in [2.05, 4.69) is 10.6 Å². The Morgan fingerprint density at radius 3 is 2.79 bits per heavy atom. The largest absolute Gasteiger partial charge is 0.480 e. The molecule has 0 aliphatic heterocycles. The number of amides is 2. The molecule has 6 nitrogen and oxygen atoms in total. The minimum Gasteiger partial charge on any atom is -0.480 e. The molecule has 0 heterocycles. The molecule has 0 saturated carbocycles. The van der Waals surface area contributed by atoms with Gasteiger partial charge in [-0.05, 0) is 18.6 Å². The van der Waals surface area contributed by atoms with Gasteiger partial charge in [0.15, 0.2) is 0 Å². The van der Waals surface area contributed by atoms with Crippen LogP contribution in [0.5, 0.6) is 0 Å². The van der Waals surface area contributed by atoms with Crippen LogP contribution in [0.25, 0.3) is 0 Å². The number of rotatable bonds is 6. The maximum absolute atomic E-state index is 13.4. The number of hydrogen-bond acceptors (Lipinski definition) is 3. The van der Waals surface area contributed by atoms with Gasteiger partial charge in [-0.3, -0.25) is 0 Å². The number of carbonyl (C=O) groups excluding carboxylic acids is 1. The van der Waals surface area contributed by atoms with Gasteiger partial charge < -0.3 is 20.5 Å². The molecule has 1 rings (SSSR count). The van der Waals surface area contributed by atoms with Crippen molar-refractivity contribution in [2.75, 3.05) is 25.1 Å². The average molecular weight is 270 g/mol. The Morgan fingerprint density at radius 1 is 1.42 bits per heavy atom. The number of benzene rings is 1. The predicted octanol–water partition coefficient (Wildman–Crippen LogP) is 1.36. The fourth-order valence-electron chi connectivity index (χ4n) is 1.34. The molecule has 0 atom stereocenters. The molecule has 0 fully saturated rings. The summed E-state index contributed by atoms with van der Waals surface area (Å²) in [5.74, 6) is -1.59. The lowest BCUT2D eigenvalue weighted by Gasteiger charge is -2.10. The zero-order chi connectivity index (χ0) is 14.3. The summed E-state index contributed by atoms with van der Waals surface area (Å²) in [6.07, 6.45) is 0. The van der Waals surface area contributed by atoms with Crippen molar-refractivity contribution in [1.29, 1.82) is 0 Å². The molecule has 0 spiro atoms. The third kappa shape index (κ3) is 5.35. The molecule has 19 heavy (non-hydrogen) atoms. The lowest BCUT2D eigenvalue weighted by molar-refractivity contribution is -0.142. The lowest BCUT2D eigenvalue weighted by Crippen LogP contribution is -2.32. The van der Waals surface area contributed by atoms with Crippen LogP contribution in [0.3, 0.4) is 0 Å². The Hall–Kier alpha value is -2.15. The summed E-state index contributed by atoms with van der Waals surface area (Å²) in [6, 6.07) is 3.90. The summed E-state index contributed by atoms with van der Waals surface area (Å²) in [4.78, 5) is 21.6. The van der Waals surface area contributed by atoms with E-state index in [1.54, 1.807) is 19.1 Å². The summed E-state index contributed by atoms with van der Waals surface area (Å²) < 4.78 is 18.1. The summed E-state index contributed by atoms with van der Waals surface area (Å²) in [7, 11) is 0. The van der Waals surface area contributed by atoms with Crippen molar-refractivity contribution in [3.05, 3.63) is 29.6 Å². The minimum atomic E-state index is -1.08. The van der Waals surface area contributed by atoms with Gasteiger partial charge >= 0.3 is 12.0 Å². The Bertz CT molecular complexity index is 445. The molecule has 0 aliphatic carbocycles. The predicted molar refractivity (Wildman–Crippen MR) is 66.6 cm³/mol. The molecular formula is C12H15FN2O4. The molecule has 2 amide bonds. The Morgan fingerprint density at radius 2 is 2.16 bits per heavy atom.